The molecule has 22 heavy (non-hydrogen) atoms. The van der Waals surface area contributed by atoms with E-state index in [0.29, 0.717) is 17.3 Å². The fourth-order valence-electron chi connectivity index (χ4n) is 6.87. The molecule has 3 saturated carbocycles. The van der Waals surface area contributed by atoms with Crippen molar-refractivity contribution in [3.63, 3.8) is 0 Å². The molecule has 2 nitrogen and oxygen atoms in total. The van der Waals surface area contributed by atoms with Gasteiger partial charge in [-0.1, -0.05) is 37.1 Å². The van der Waals surface area contributed by atoms with Crippen LogP contribution in [0.15, 0.2) is 23.8 Å². The minimum atomic E-state index is -0.579. The van der Waals surface area contributed by atoms with Crippen LogP contribution in [0.25, 0.3) is 0 Å². The second kappa shape index (κ2) is 4.27. The van der Waals surface area contributed by atoms with Crippen molar-refractivity contribution in [2.75, 3.05) is 0 Å². The summed E-state index contributed by atoms with van der Waals surface area (Å²) < 4.78 is 0. The minimum Gasteiger partial charge on any atom is -0.481 e. The normalized spacial score (nSPS) is 50.1. The van der Waals surface area contributed by atoms with E-state index in [1.165, 1.54) is 24.8 Å². The molecule has 0 unspecified atom stereocenters. The Balaban J connectivity index is 1.80. The summed E-state index contributed by atoms with van der Waals surface area (Å²) in [5.74, 6) is 0.413. The van der Waals surface area contributed by atoms with Crippen LogP contribution in [-0.2, 0) is 4.79 Å². The summed E-state index contributed by atoms with van der Waals surface area (Å²) >= 11 is 0. The Labute approximate surface area is 133 Å². The maximum absolute atomic E-state index is 12.0. The van der Waals surface area contributed by atoms with Crippen molar-refractivity contribution in [1.29, 1.82) is 0 Å². The molecule has 0 aliphatic heterocycles. The van der Waals surface area contributed by atoms with Crippen molar-refractivity contribution in [2.45, 2.75) is 65.2 Å². The van der Waals surface area contributed by atoms with Crippen LogP contribution in [0, 0.1) is 28.1 Å². The number of carboxylic acids is 1. The SMILES string of the molecule is C=C1C[C@@]23CC[C@H]4[C@@](C)(CCC[C@]4(C)C(=O)O)C2=CC[C@@H]1C3. The zero-order chi connectivity index (χ0) is 15.8. The molecule has 0 heterocycles. The zero-order valence-corrected chi connectivity index (χ0v) is 14.0. The number of carboxylic acid groups (broad SMARTS) is 1. The van der Waals surface area contributed by atoms with Crippen molar-refractivity contribution < 1.29 is 9.90 Å². The monoisotopic (exact) mass is 300 g/mol. The molecule has 0 aromatic heterocycles. The fourth-order valence-corrected chi connectivity index (χ4v) is 6.87. The molecule has 120 valence electrons. The van der Waals surface area contributed by atoms with Crippen molar-refractivity contribution in [3.05, 3.63) is 23.8 Å². The second-order valence-electron chi connectivity index (χ2n) is 8.95. The molecule has 1 N–H and O–H groups in total. The van der Waals surface area contributed by atoms with Crippen LogP contribution in [0.3, 0.4) is 0 Å². The quantitative estimate of drug-likeness (QED) is 0.695. The van der Waals surface area contributed by atoms with Crippen LogP contribution in [0.1, 0.15) is 65.2 Å². The average molecular weight is 300 g/mol. The van der Waals surface area contributed by atoms with E-state index in [2.05, 4.69) is 19.6 Å². The van der Waals surface area contributed by atoms with Crippen LogP contribution >= 0.6 is 0 Å². The zero-order valence-electron chi connectivity index (χ0n) is 14.0. The van der Waals surface area contributed by atoms with E-state index in [-0.39, 0.29) is 5.41 Å². The molecule has 0 aromatic carbocycles. The van der Waals surface area contributed by atoms with Crippen molar-refractivity contribution in [3.8, 4) is 0 Å². The van der Waals surface area contributed by atoms with Gasteiger partial charge < -0.3 is 5.11 Å². The summed E-state index contributed by atoms with van der Waals surface area (Å²) in [5.41, 5.74) is 2.96. The lowest BCUT2D eigenvalue weighted by atomic mass is 9.44. The Morgan fingerprint density at radius 3 is 2.82 bits per heavy atom. The molecule has 0 saturated heterocycles. The molecule has 0 radical (unpaired) electrons. The smallest absolute Gasteiger partial charge is 0.309 e. The molecule has 4 rings (SSSR count). The standard InChI is InChI=1S/C20H28O2/c1-13-11-20-10-7-15-18(2,16(20)6-5-14(13)12-20)8-4-9-19(15,3)17(21)22/h6,14-15H,1,4-5,7-12H2,2-3H3,(H,21,22)/t14-,15+,18-,19+,20-/m1/s1. The number of carbonyl (C=O) groups is 1. The molecule has 1 spiro atoms. The Bertz CT molecular complexity index is 589. The Morgan fingerprint density at radius 2 is 2.09 bits per heavy atom. The largest absolute Gasteiger partial charge is 0.481 e. The van der Waals surface area contributed by atoms with Crippen molar-refractivity contribution in [2.24, 2.45) is 28.1 Å². The number of hydrogen-bond acceptors (Lipinski definition) is 1. The Hall–Kier alpha value is -1.05. The highest BCUT2D eigenvalue weighted by atomic mass is 16.4. The van der Waals surface area contributed by atoms with E-state index in [1.807, 2.05) is 6.92 Å². The van der Waals surface area contributed by atoms with Gasteiger partial charge >= 0.3 is 5.97 Å². The summed E-state index contributed by atoms with van der Waals surface area (Å²) in [6.07, 6.45) is 11.4. The molecular weight excluding hydrogens is 272 g/mol. The van der Waals surface area contributed by atoms with E-state index >= 15 is 0 Å². The van der Waals surface area contributed by atoms with Gasteiger partial charge in [-0.25, -0.2) is 0 Å². The third-order valence-electron chi connectivity index (χ3n) is 7.90. The molecule has 4 aliphatic carbocycles. The third kappa shape index (κ3) is 1.59. The van der Waals surface area contributed by atoms with Gasteiger partial charge in [-0.3, -0.25) is 4.79 Å². The molecular formula is C20H28O2. The third-order valence-corrected chi connectivity index (χ3v) is 7.90. The van der Waals surface area contributed by atoms with Crippen LogP contribution < -0.4 is 0 Å². The van der Waals surface area contributed by atoms with Gasteiger partial charge in [0.25, 0.3) is 0 Å². The first kappa shape index (κ1) is 14.5. The molecule has 2 heteroatoms. The predicted octanol–water partition coefficient (Wildman–Crippen LogP) is 4.96. The van der Waals surface area contributed by atoms with Crippen LogP contribution in [-0.4, -0.2) is 11.1 Å². The Morgan fingerprint density at radius 1 is 1.32 bits per heavy atom. The molecule has 4 aliphatic rings. The van der Waals surface area contributed by atoms with Crippen molar-refractivity contribution in [1.82, 2.24) is 0 Å². The first-order chi connectivity index (χ1) is 10.3. The topological polar surface area (TPSA) is 37.3 Å². The maximum Gasteiger partial charge on any atom is 0.309 e. The molecule has 0 aromatic rings. The number of rotatable bonds is 1. The van der Waals surface area contributed by atoms with Gasteiger partial charge in [-0.15, -0.1) is 0 Å². The lowest BCUT2D eigenvalue weighted by Crippen LogP contribution is -2.54. The molecule has 5 atom stereocenters. The van der Waals surface area contributed by atoms with Crippen LogP contribution in [0.2, 0.25) is 0 Å². The van der Waals surface area contributed by atoms with E-state index in [9.17, 15) is 9.90 Å². The highest BCUT2D eigenvalue weighted by molar-refractivity contribution is 5.75. The van der Waals surface area contributed by atoms with Crippen LogP contribution in [0.5, 0.6) is 0 Å². The van der Waals surface area contributed by atoms with E-state index < -0.39 is 11.4 Å². The van der Waals surface area contributed by atoms with Gasteiger partial charge in [-0.2, -0.15) is 0 Å². The van der Waals surface area contributed by atoms with Gasteiger partial charge in [0.1, 0.15) is 0 Å². The summed E-state index contributed by atoms with van der Waals surface area (Å²) in [6.45, 7) is 8.73. The number of allylic oxidation sites excluding steroid dienone is 3. The summed E-state index contributed by atoms with van der Waals surface area (Å²) in [5, 5.41) is 9.89. The van der Waals surface area contributed by atoms with Gasteiger partial charge in [0.15, 0.2) is 0 Å². The van der Waals surface area contributed by atoms with E-state index in [0.717, 1.165) is 32.1 Å². The predicted molar refractivity (Wildman–Crippen MR) is 87.4 cm³/mol. The highest BCUT2D eigenvalue weighted by Crippen LogP contribution is 2.70. The second-order valence-corrected chi connectivity index (χ2v) is 8.95. The number of aliphatic carboxylic acids is 1. The number of fused-ring (bicyclic) bond motifs is 3. The lowest BCUT2D eigenvalue weighted by Gasteiger charge is -2.60. The minimum absolute atomic E-state index is 0.0965. The lowest BCUT2D eigenvalue weighted by molar-refractivity contribution is -0.161. The molecule has 3 fully saturated rings. The fraction of sp³-hybridized carbons (Fsp3) is 0.750. The van der Waals surface area contributed by atoms with E-state index in [1.54, 1.807) is 5.57 Å². The molecule has 0 amide bonds. The first-order valence-electron chi connectivity index (χ1n) is 8.94. The molecule has 2 bridgehead atoms. The van der Waals surface area contributed by atoms with Gasteiger partial charge in [0.2, 0.25) is 0 Å². The summed E-state index contributed by atoms with van der Waals surface area (Å²) in [4.78, 5) is 12.0. The summed E-state index contributed by atoms with van der Waals surface area (Å²) in [7, 11) is 0. The van der Waals surface area contributed by atoms with E-state index in [4.69, 9.17) is 0 Å². The first-order valence-corrected chi connectivity index (χ1v) is 8.94. The van der Waals surface area contributed by atoms with Crippen molar-refractivity contribution >= 4 is 5.97 Å². The number of hydrogen-bond donors (Lipinski definition) is 1. The van der Waals surface area contributed by atoms with Gasteiger partial charge in [0.05, 0.1) is 5.41 Å². The van der Waals surface area contributed by atoms with Gasteiger partial charge in [-0.05, 0) is 74.5 Å². The Kier molecular flexibility index (Phi) is 2.82. The maximum atomic E-state index is 12.0. The summed E-state index contributed by atoms with van der Waals surface area (Å²) in [6, 6.07) is 0. The average Bonchev–Trinajstić information content (AvgIpc) is 2.68. The highest BCUT2D eigenvalue weighted by Gasteiger charge is 2.62. The van der Waals surface area contributed by atoms with Gasteiger partial charge in [0, 0.05) is 0 Å². The van der Waals surface area contributed by atoms with Crippen LogP contribution in [0.4, 0.5) is 0 Å².